The van der Waals surface area contributed by atoms with Crippen LogP contribution in [-0.4, -0.2) is 24.7 Å². The summed E-state index contributed by atoms with van der Waals surface area (Å²) in [6, 6.07) is 8.44. The van der Waals surface area contributed by atoms with Gasteiger partial charge in [-0.1, -0.05) is 19.1 Å². The summed E-state index contributed by atoms with van der Waals surface area (Å²) in [4.78, 5) is 0. The molecule has 1 aromatic carbocycles. The quantitative estimate of drug-likeness (QED) is 0.817. The summed E-state index contributed by atoms with van der Waals surface area (Å²) in [6.07, 6.45) is 2.43. The second-order valence-corrected chi connectivity index (χ2v) is 6.00. The minimum atomic E-state index is 0.803. The molecule has 0 amide bonds. The highest BCUT2D eigenvalue weighted by Gasteiger charge is 2.14. The van der Waals surface area contributed by atoms with Crippen molar-refractivity contribution in [3.8, 4) is 5.75 Å². The Kier molecular flexibility index (Phi) is 5.88. The molecule has 1 aliphatic heterocycles. The average Bonchev–Trinajstić information content (AvgIpc) is 2.91. The lowest BCUT2D eigenvalue weighted by molar-refractivity contribution is 0.317. The molecule has 2 nitrogen and oxygen atoms in total. The van der Waals surface area contributed by atoms with Gasteiger partial charge in [0.2, 0.25) is 0 Å². The molecule has 2 rings (SSSR count). The molecular weight excluding hydrogens is 242 g/mol. The van der Waals surface area contributed by atoms with E-state index in [1.165, 1.54) is 23.5 Å². The van der Waals surface area contributed by atoms with E-state index in [-0.39, 0.29) is 0 Å². The third-order valence-electron chi connectivity index (χ3n) is 3.18. The smallest absolute Gasteiger partial charge is 0.119 e. The second-order valence-electron chi connectivity index (χ2n) is 4.85. The summed E-state index contributed by atoms with van der Waals surface area (Å²) in [5.41, 5.74) is 1.34. The van der Waals surface area contributed by atoms with Gasteiger partial charge in [-0.15, -0.1) is 0 Å². The number of thioether (sulfide) groups is 1. The number of hydrogen-bond acceptors (Lipinski definition) is 3. The monoisotopic (exact) mass is 265 g/mol. The van der Waals surface area contributed by atoms with Crippen LogP contribution in [0.4, 0.5) is 0 Å². The summed E-state index contributed by atoms with van der Waals surface area (Å²) in [5, 5.41) is 3.55. The predicted octanol–water partition coefficient (Wildman–Crippen LogP) is 3.32. The maximum atomic E-state index is 5.57. The molecule has 0 spiro atoms. The topological polar surface area (TPSA) is 21.3 Å². The first-order valence-corrected chi connectivity index (χ1v) is 8.04. The summed E-state index contributed by atoms with van der Waals surface area (Å²) < 4.78 is 5.57. The molecule has 0 aliphatic carbocycles. The minimum absolute atomic E-state index is 0.803. The van der Waals surface area contributed by atoms with Crippen molar-refractivity contribution < 1.29 is 4.74 Å². The van der Waals surface area contributed by atoms with E-state index >= 15 is 0 Å². The van der Waals surface area contributed by atoms with Gasteiger partial charge < -0.3 is 10.1 Å². The molecule has 1 fully saturated rings. The Labute approximate surface area is 114 Å². The van der Waals surface area contributed by atoms with Crippen LogP contribution in [0.2, 0.25) is 0 Å². The van der Waals surface area contributed by atoms with Crippen LogP contribution in [0.5, 0.6) is 5.75 Å². The fraction of sp³-hybridized carbons (Fsp3) is 0.600. The average molecular weight is 265 g/mol. The Morgan fingerprint density at radius 2 is 2.17 bits per heavy atom. The lowest BCUT2D eigenvalue weighted by Gasteiger charge is -2.10. The van der Waals surface area contributed by atoms with Crippen molar-refractivity contribution in [1.82, 2.24) is 5.32 Å². The minimum Gasteiger partial charge on any atom is -0.494 e. The van der Waals surface area contributed by atoms with E-state index in [9.17, 15) is 0 Å². The lowest BCUT2D eigenvalue weighted by Crippen LogP contribution is -2.22. The summed E-state index contributed by atoms with van der Waals surface area (Å²) in [5.74, 6) is 4.53. The molecule has 1 aliphatic rings. The fourth-order valence-corrected chi connectivity index (χ4v) is 3.37. The zero-order chi connectivity index (χ0) is 12.6. The third-order valence-corrected chi connectivity index (χ3v) is 4.41. The Morgan fingerprint density at radius 3 is 2.83 bits per heavy atom. The molecular formula is C15H23NOS. The number of benzene rings is 1. The Morgan fingerprint density at radius 1 is 1.33 bits per heavy atom. The molecule has 0 saturated carbocycles. The molecule has 1 N–H and O–H groups in total. The standard InChI is InChI=1S/C15H23NOS/c1-2-8-17-15-5-3-13(4-6-15)10-16-11-14-7-9-18-12-14/h3-6,14,16H,2,7-12H2,1H3. The Bertz CT molecular complexity index is 333. The van der Waals surface area contributed by atoms with Crippen LogP contribution >= 0.6 is 11.8 Å². The molecule has 0 bridgehead atoms. The molecule has 18 heavy (non-hydrogen) atoms. The SMILES string of the molecule is CCCOc1ccc(CNCC2CCSC2)cc1. The molecule has 100 valence electrons. The Balaban J connectivity index is 1.68. The van der Waals surface area contributed by atoms with Crippen LogP contribution in [0.1, 0.15) is 25.3 Å². The molecule has 3 heteroatoms. The van der Waals surface area contributed by atoms with Gasteiger partial charge in [0.05, 0.1) is 6.61 Å². The van der Waals surface area contributed by atoms with Gasteiger partial charge in [-0.05, 0) is 54.5 Å². The van der Waals surface area contributed by atoms with Crippen LogP contribution in [0, 0.1) is 5.92 Å². The molecule has 1 atom stereocenters. The first-order valence-electron chi connectivity index (χ1n) is 6.88. The van der Waals surface area contributed by atoms with Crippen LogP contribution < -0.4 is 10.1 Å². The Hall–Kier alpha value is -0.670. The van der Waals surface area contributed by atoms with Crippen molar-refractivity contribution >= 4 is 11.8 Å². The highest BCUT2D eigenvalue weighted by Crippen LogP contribution is 2.22. The first kappa shape index (κ1) is 13.8. The van der Waals surface area contributed by atoms with Crippen molar-refractivity contribution in [2.24, 2.45) is 5.92 Å². The van der Waals surface area contributed by atoms with Crippen molar-refractivity contribution in [3.05, 3.63) is 29.8 Å². The highest BCUT2D eigenvalue weighted by molar-refractivity contribution is 7.99. The maximum Gasteiger partial charge on any atom is 0.119 e. The van der Waals surface area contributed by atoms with E-state index in [1.807, 2.05) is 0 Å². The molecule has 1 heterocycles. The van der Waals surface area contributed by atoms with Crippen molar-refractivity contribution in [2.45, 2.75) is 26.3 Å². The molecule has 1 unspecified atom stereocenters. The third kappa shape index (κ3) is 4.54. The zero-order valence-corrected chi connectivity index (χ0v) is 12.0. The van der Waals surface area contributed by atoms with Crippen molar-refractivity contribution in [3.63, 3.8) is 0 Å². The highest BCUT2D eigenvalue weighted by atomic mass is 32.2. The normalized spacial score (nSPS) is 19.1. The van der Waals surface area contributed by atoms with E-state index in [1.54, 1.807) is 0 Å². The molecule has 1 aromatic rings. The number of nitrogens with one attached hydrogen (secondary N) is 1. The first-order chi connectivity index (χ1) is 8.88. The molecule has 0 aromatic heterocycles. The van der Waals surface area contributed by atoms with Crippen molar-refractivity contribution in [2.75, 3.05) is 24.7 Å². The van der Waals surface area contributed by atoms with Gasteiger partial charge in [-0.25, -0.2) is 0 Å². The van der Waals surface area contributed by atoms with Crippen LogP contribution in [0.25, 0.3) is 0 Å². The number of rotatable bonds is 7. The lowest BCUT2D eigenvalue weighted by atomic mass is 10.1. The molecule has 1 saturated heterocycles. The van der Waals surface area contributed by atoms with Gasteiger partial charge in [0.15, 0.2) is 0 Å². The van der Waals surface area contributed by atoms with Gasteiger partial charge in [0.25, 0.3) is 0 Å². The van der Waals surface area contributed by atoms with E-state index in [0.29, 0.717) is 0 Å². The van der Waals surface area contributed by atoms with E-state index in [2.05, 4.69) is 48.3 Å². The summed E-state index contributed by atoms with van der Waals surface area (Å²) >= 11 is 2.08. The zero-order valence-electron chi connectivity index (χ0n) is 11.2. The van der Waals surface area contributed by atoms with Gasteiger partial charge in [0, 0.05) is 6.54 Å². The van der Waals surface area contributed by atoms with Crippen LogP contribution in [-0.2, 0) is 6.54 Å². The largest absolute Gasteiger partial charge is 0.494 e. The van der Waals surface area contributed by atoms with Gasteiger partial charge in [0.1, 0.15) is 5.75 Å². The second kappa shape index (κ2) is 7.70. The van der Waals surface area contributed by atoms with E-state index in [0.717, 1.165) is 37.8 Å². The fourth-order valence-electron chi connectivity index (χ4n) is 2.09. The van der Waals surface area contributed by atoms with Crippen molar-refractivity contribution in [1.29, 1.82) is 0 Å². The maximum absolute atomic E-state index is 5.57. The van der Waals surface area contributed by atoms with Gasteiger partial charge in [-0.3, -0.25) is 0 Å². The summed E-state index contributed by atoms with van der Waals surface area (Å²) in [6.45, 7) is 5.05. The predicted molar refractivity (Wildman–Crippen MR) is 79.4 cm³/mol. The summed E-state index contributed by atoms with van der Waals surface area (Å²) in [7, 11) is 0. The van der Waals surface area contributed by atoms with Crippen LogP contribution in [0.3, 0.4) is 0 Å². The van der Waals surface area contributed by atoms with E-state index < -0.39 is 0 Å². The number of ether oxygens (including phenoxy) is 1. The van der Waals surface area contributed by atoms with Crippen LogP contribution in [0.15, 0.2) is 24.3 Å². The molecule has 0 radical (unpaired) electrons. The van der Waals surface area contributed by atoms with Gasteiger partial charge >= 0.3 is 0 Å². The van der Waals surface area contributed by atoms with E-state index in [4.69, 9.17) is 4.74 Å². The van der Waals surface area contributed by atoms with Gasteiger partial charge in [-0.2, -0.15) is 11.8 Å². The number of hydrogen-bond donors (Lipinski definition) is 1.